The molecule has 0 atom stereocenters. The van der Waals surface area contributed by atoms with Crippen molar-refractivity contribution >= 4 is 19.0 Å². The Balaban J connectivity index is -0.00000001000. The van der Waals surface area contributed by atoms with Crippen LogP contribution in [0, 0.1) is 0 Å². The van der Waals surface area contributed by atoms with Crippen molar-refractivity contribution in [3.63, 3.8) is 0 Å². The monoisotopic (exact) mass is 516 g/mol. The average Bonchev–Trinajstić information content (AvgIpc) is 1.70. The summed E-state index contributed by atoms with van der Waals surface area (Å²) >= 11 is 0. The van der Waals surface area contributed by atoms with Gasteiger partial charge in [-0.1, -0.05) is 0 Å². The van der Waals surface area contributed by atoms with Crippen molar-refractivity contribution < 1.29 is 88.2 Å². The molecule has 6 nitrogen and oxygen atoms in total. The smallest absolute Gasteiger partial charge is 0.225 e. The lowest BCUT2D eigenvalue weighted by Gasteiger charge is -1.29. The lowest BCUT2D eigenvalue weighted by atomic mass is 11.4. The third-order valence-corrected chi connectivity index (χ3v) is 0. The molecular formula is C3H15I3N6. The Morgan fingerprint density at radius 2 is 0.583 bits per heavy atom. The molecule has 0 saturated heterocycles. The van der Waals surface area contributed by atoms with Crippen LogP contribution in [0.5, 0.6) is 0 Å². The van der Waals surface area contributed by atoms with Crippen molar-refractivity contribution in [2.45, 2.75) is 0 Å². The standard InChI is InChI=1S/3CH4N2.3HI/c3*2-1-3;;;/h3*1H,(H3,2,3);3*1H. The van der Waals surface area contributed by atoms with Crippen LogP contribution in [-0.2, 0) is 0 Å². The summed E-state index contributed by atoms with van der Waals surface area (Å²) in [4.78, 5) is 0. The molecule has 0 aliphatic rings. The Labute approximate surface area is 123 Å². The van der Waals surface area contributed by atoms with Gasteiger partial charge in [-0.2, -0.15) is 0 Å². The van der Waals surface area contributed by atoms with E-state index < -0.39 is 0 Å². The fraction of sp³-hybridized carbons (Fsp3) is 0. The molecule has 0 bridgehead atoms. The second-order valence-electron chi connectivity index (χ2n) is 0.577. The molecule has 12 heavy (non-hydrogen) atoms. The maximum atomic E-state index is 4.50. The molecule has 0 radical (unpaired) electrons. The van der Waals surface area contributed by atoms with Crippen molar-refractivity contribution in [2.24, 2.45) is 17.2 Å². The van der Waals surface area contributed by atoms with Crippen molar-refractivity contribution in [3.05, 3.63) is 0 Å². The van der Waals surface area contributed by atoms with Gasteiger partial charge in [0.1, 0.15) is 0 Å². The van der Waals surface area contributed by atoms with E-state index in [1.807, 2.05) is 0 Å². The first kappa shape index (κ1) is 38.9. The zero-order chi connectivity index (χ0) is 8.12. The van der Waals surface area contributed by atoms with E-state index in [-0.39, 0.29) is 71.9 Å². The number of nitrogens with two attached hydrogens (primary N) is 6. The zero-order valence-corrected chi connectivity index (χ0v) is 12.8. The van der Waals surface area contributed by atoms with Gasteiger partial charge in [-0.3, -0.25) is 33.4 Å². The van der Waals surface area contributed by atoms with Crippen LogP contribution >= 0.6 is 0 Å². The highest BCUT2D eigenvalue weighted by Gasteiger charge is 1.22. The van der Waals surface area contributed by atoms with Crippen LogP contribution in [0.1, 0.15) is 0 Å². The fourth-order valence-corrected chi connectivity index (χ4v) is 0. The summed E-state index contributed by atoms with van der Waals surface area (Å²) < 4.78 is 0. The van der Waals surface area contributed by atoms with Crippen molar-refractivity contribution in [3.8, 4) is 0 Å². The Morgan fingerprint density at radius 3 is 0.583 bits per heavy atom. The average molecular weight is 516 g/mol. The van der Waals surface area contributed by atoms with Gasteiger partial charge >= 0.3 is 0 Å². The van der Waals surface area contributed by atoms with Crippen LogP contribution in [0.2, 0.25) is 0 Å². The van der Waals surface area contributed by atoms with Gasteiger partial charge in [0.05, 0.1) is 0 Å². The van der Waals surface area contributed by atoms with E-state index in [1.165, 1.54) is 0 Å². The van der Waals surface area contributed by atoms with E-state index >= 15 is 0 Å². The van der Waals surface area contributed by atoms with Gasteiger partial charge in [-0.05, 0) is 0 Å². The van der Waals surface area contributed by atoms with E-state index in [4.69, 9.17) is 0 Å². The third-order valence-electron chi connectivity index (χ3n) is 0. The van der Waals surface area contributed by atoms with Gasteiger partial charge < -0.3 is 71.9 Å². The minimum absolute atomic E-state index is 0. The summed E-state index contributed by atoms with van der Waals surface area (Å²) in [5.74, 6) is 0. The normalized spacial score (nSPS) is 3.00. The van der Waals surface area contributed by atoms with Crippen LogP contribution in [-0.4, -0.2) is 19.0 Å². The summed E-state index contributed by atoms with van der Waals surface area (Å²) in [6, 6.07) is 0. The molecule has 0 rings (SSSR count). The first-order chi connectivity index (χ1) is 4.24. The maximum absolute atomic E-state index is 4.50. The summed E-state index contributed by atoms with van der Waals surface area (Å²) in [5.41, 5.74) is 13.5. The number of rotatable bonds is 0. The molecule has 9 heteroatoms. The van der Waals surface area contributed by atoms with Crippen LogP contribution < -0.4 is 105 Å². The summed E-state index contributed by atoms with van der Waals surface area (Å²) in [7, 11) is 0. The molecule has 78 valence electrons. The van der Waals surface area contributed by atoms with Crippen molar-refractivity contribution in [2.75, 3.05) is 0 Å². The lowest BCUT2D eigenvalue weighted by molar-refractivity contribution is -0.107. The van der Waals surface area contributed by atoms with Crippen molar-refractivity contribution in [1.29, 1.82) is 0 Å². The summed E-state index contributed by atoms with van der Waals surface area (Å²) in [6.07, 6.45) is 3.00. The molecule has 0 aromatic heterocycles. The SMILES string of the molecule is NC=[NH2+].NC=[NH2+].NC=[NH2+].[I-].[I-].[I-]. The van der Waals surface area contributed by atoms with Gasteiger partial charge in [0, 0.05) is 0 Å². The molecule has 0 aromatic carbocycles. The van der Waals surface area contributed by atoms with Crippen LogP contribution in [0.4, 0.5) is 0 Å². The van der Waals surface area contributed by atoms with Gasteiger partial charge in [0.15, 0.2) is 0 Å². The van der Waals surface area contributed by atoms with Crippen LogP contribution in [0.15, 0.2) is 0 Å². The molecule has 0 aliphatic heterocycles. The van der Waals surface area contributed by atoms with E-state index in [2.05, 4.69) is 33.4 Å². The van der Waals surface area contributed by atoms with E-state index in [0.717, 1.165) is 19.0 Å². The predicted molar refractivity (Wildman–Crippen MR) is 36.5 cm³/mol. The number of hydrogen-bond donors (Lipinski definition) is 6. The molecule has 0 heterocycles. The molecule has 0 aromatic rings. The van der Waals surface area contributed by atoms with E-state index in [1.54, 1.807) is 0 Å². The topological polar surface area (TPSA) is 155 Å². The summed E-state index contributed by atoms with van der Waals surface area (Å²) in [5, 5.41) is 13.5. The minimum Gasteiger partial charge on any atom is -1.00 e. The lowest BCUT2D eigenvalue weighted by Crippen LogP contribution is -3.00. The molecule has 0 amide bonds. The number of hydrogen-bond acceptors (Lipinski definition) is 0. The fourth-order valence-electron chi connectivity index (χ4n) is 0. The van der Waals surface area contributed by atoms with E-state index in [9.17, 15) is 0 Å². The zero-order valence-electron chi connectivity index (χ0n) is 6.33. The molecule has 0 saturated carbocycles. The second-order valence-corrected chi connectivity index (χ2v) is 0.577. The Kier molecular flexibility index (Phi) is 326. The quantitative estimate of drug-likeness (QED) is 0.108. The van der Waals surface area contributed by atoms with Crippen LogP contribution in [0.3, 0.4) is 0 Å². The van der Waals surface area contributed by atoms with Gasteiger partial charge in [-0.25, -0.2) is 0 Å². The van der Waals surface area contributed by atoms with Gasteiger partial charge in [0.2, 0.25) is 19.0 Å². The Bertz CT molecular complexity index is 54.8. The highest BCUT2D eigenvalue weighted by Crippen LogP contribution is 0.561. The Morgan fingerprint density at radius 1 is 0.583 bits per heavy atom. The molecular weight excluding hydrogens is 501 g/mol. The molecule has 0 unspecified atom stereocenters. The first-order valence-corrected chi connectivity index (χ1v) is 2.00. The van der Waals surface area contributed by atoms with Gasteiger partial charge in [0.25, 0.3) is 0 Å². The Hall–Kier alpha value is 0.600. The summed E-state index contributed by atoms with van der Waals surface area (Å²) in [6.45, 7) is 0. The highest BCUT2D eigenvalue weighted by molar-refractivity contribution is 5.42. The molecule has 12 N–H and O–H groups in total. The largest absolute Gasteiger partial charge is 1.00 e. The van der Waals surface area contributed by atoms with Crippen molar-refractivity contribution in [1.82, 2.24) is 0 Å². The molecule has 0 spiro atoms. The molecule has 0 aliphatic carbocycles. The predicted octanol–water partition coefficient (Wildman–Crippen LogP) is -15.8. The minimum atomic E-state index is 0. The van der Waals surface area contributed by atoms with Crippen LogP contribution in [0.25, 0.3) is 0 Å². The second kappa shape index (κ2) is 101. The van der Waals surface area contributed by atoms with E-state index in [0.29, 0.717) is 0 Å². The maximum Gasteiger partial charge on any atom is 0.225 e. The first-order valence-electron chi connectivity index (χ1n) is 2.00. The highest BCUT2D eigenvalue weighted by atomic mass is 127. The van der Waals surface area contributed by atoms with Gasteiger partial charge in [-0.15, -0.1) is 0 Å². The number of halogens is 3. The third kappa shape index (κ3) is 2710. The molecule has 0 fully saturated rings.